The Kier molecular flexibility index (Phi) is 3.43. The maximum absolute atomic E-state index is 12.3. The van der Waals surface area contributed by atoms with Crippen LogP contribution in [0.15, 0.2) is 36.7 Å². The van der Waals surface area contributed by atoms with Crippen molar-refractivity contribution in [2.24, 2.45) is 0 Å². The molecule has 1 aromatic heterocycles. The minimum Gasteiger partial charge on any atom is -0.358 e. The lowest BCUT2D eigenvalue weighted by molar-refractivity contribution is 0.0652. The number of carbonyl (C=O) groups is 2. The molecule has 6 nitrogen and oxygen atoms in total. The second-order valence-electron chi connectivity index (χ2n) is 4.82. The van der Waals surface area contributed by atoms with E-state index < -0.39 is 0 Å². The number of amides is 2. The molecule has 0 N–H and O–H groups in total. The number of rotatable bonds is 5. The summed E-state index contributed by atoms with van der Waals surface area (Å²) < 4.78 is 0. The van der Waals surface area contributed by atoms with Crippen LogP contribution in [0.3, 0.4) is 0 Å². The predicted octanol–water partition coefficient (Wildman–Crippen LogP) is 2.12. The lowest BCUT2D eigenvalue weighted by Gasteiger charge is -2.12. The number of imide groups is 1. The summed E-state index contributed by atoms with van der Waals surface area (Å²) in [6.07, 6.45) is 4.98. The summed E-state index contributed by atoms with van der Waals surface area (Å²) in [4.78, 5) is 32.5. The van der Waals surface area contributed by atoms with Crippen LogP contribution in [-0.2, 0) is 0 Å². The molecule has 2 amide bonds. The fourth-order valence-corrected chi connectivity index (χ4v) is 2.26. The highest BCUT2D eigenvalue weighted by Gasteiger charge is 2.35. The molecule has 2 heterocycles. The van der Waals surface area contributed by atoms with Crippen molar-refractivity contribution in [1.29, 1.82) is 0 Å². The van der Waals surface area contributed by atoms with Crippen molar-refractivity contribution in [2.45, 2.75) is 19.8 Å². The zero-order valence-electron chi connectivity index (χ0n) is 11.7. The predicted molar refractivity (Wildman–Crippen MR) is 75.0 cm³/mol. The van der Waals surface area contributed by atoms with Gasteiger partial charge in [0.1, 0.15) is 0 Å². The highest BCUT2D eigenvalue weighted by molar-refractivity contribution is 6.21. The molecule has 0 unspecified atom stereocenters. The first-order valence-electron chi connectivity index (χ1n) is 6.89. The molecule has 3 rings (SSSR count). The van der Waals surface area contributed by atoms with Crippen molar-refractivity contribution in [2.75, 3.05) is 6.54 Å². The normalized spacial score (nSPS) is 13.7. The molecule has 21 heavy (non-hydrogen) atoms. The maximum atomic E-state index is 12.3. The molecule has 108 valence electrons. The Morgan fingerprint density at radius 2 is 2.00 bits per heavy atom. The Balaban J connectivity index is 1.86. The number of nitrogens with zero attached hydrogens (tertiary/aromatic N) is 3. The van der Waals surface area contributed by atoms with Crippen LogP contribution in [0.4, 0.5) is 0 Å². The molecular formula is C15H15N3O3. The van der Waals surface area contributed by atoms with Gasteiger partial charge < -0.3 is 4.84 Å². The van der Waals surface area contributed by atoms with Crippen LogP contribution in [0, 0.1) is 0 Å². The van der Waals surface area contributed by atoms with Gasteiger partial charge in [-0.1, -0.05) is 13.3 Å². The van der Waals surface area contributed by atoms with E-state index in [0.29, 0.717) is 23.4 Å². The summed E-state index contributed by atoms with van der Waals surface area (Å²) in [5.74, 6) is -0.0144. The largest absolute Gasteiger partial charge is 0.358 e. The van der Waals surface area contributed by atoms with Crippen LogP contribution in [0.25, 0.3) is 0 Å². The minimum atomic E-state index is -0.255. The summed E-state index contributed by atoms with van der Waals surface area (Å²) in [5.41, 5.74) is 0.824. The highest BCUT2D eigenvalue weighted by Crippen LogP contribution is 2.27. The van der Waals surface area contributed by atoms with Gasteiger partial charge in [0.05, 0.1) is 23.5 Å². The van der Waals surface area contributed by atoms with Crippen molar-refractivity contribution < 1.29 is 14.4 Å². The van der Waals surface area contributed by atoms with Gasteiger partial charge >= 0.3 is 0 Å². The Hall–Kier alpha value is -2.63. The van der Waals surface area contributed by atoms with Crippen molar-refractivity contribution in [3.8, 4) is 5.75 Å². The van der Waals surface area contributed by atoms with Crippen LogP contribution >= 0.6 is 0 Å². The average Bonchev–Trinajstić information content (AvgIpc) is 3.07. The minimum absolute atomic E-state index is 0.228. The Morgan fingerprint density at radius 3 is 2.71 bits per heavy atom. The first-order valence-corrected chi connectivity index (χ1v) is 6.89. The fourth-order valence-electron chi connectivity index (χ4n) is 2.26. The van der Waals surface area contributed by atoms with Crippen LogP contribution in [-0.4, -0.2) is 33.2 Å². The summed E-state index contributed by atoms with van der Waals surface area (Å²) in [7, 11) is 0. The molecule has 0 atom stereocenters. The number of carbonyl (C=O) groups excluding carboxylic acids is 2. The van der Waals surface area contributed by atoms with E-state index in [0.717, 1.165) is 12.8 Å². The van der Waals surface area contributed by atoms with Gasteiger partial charge in [0, 0.05) is 6.54 Å². The maximum Gasteiger partial charge on any atom is 0.261 e. The molecule has 1 aromatic carbocycles. The summed E-state index contributed by atoms with van der Waals surface area (Å²) in [5, 5.41) is 3.93. The molecule has 0 radical (unpaired) electrons. The third-order valence-corrected chi connectivity index (χ3v) is 3.36. The SMILES string of the molecule is CCCCN1C(=O)c2ccc(On3cccn3)cc2C1=O. The van der Waals surface area contributed by atoms with Crippen molar-refractivity contribution >= 4 is 11.8 Å². The molecule has 0 saturated carbocycles. The molecule has 0 spiro atoms. The van der Waals surface area contributed by atoms with Crippen LogP contribution in [0.5, 0.6) is 5.75 Å². The first-order chi connectivity index (χ1) is 10.2. The van der Waals surface area contributed by atoms with E-state index >= 15 is 0 Å². The molecule has 0 bridgehead atoms. The van der Waals surface area contributed by atoms with Gasteiger partial charge in [-0.25, -0.2) is 0 Å². The summed E-state index contributed by atoms with van der Waals surface area (Å²) in [6, 6.07) is 6.60. The van der Waals surface area contributed by atoms with E-state index in [1.54, 1.807) is 36.7 Å². The second-order valence-corrected chi connectivity index (χ2v) is 4.82. The lowest BCUT2D eigenvalue weighted by atomic mass is 10.1. The first kappa shape index (κ1) is 13.4. The smallest absolute Gasteiger partial charge is 0.261 e. The topological polar surface area (TPSA) is 64.4 Å². The van der Waals surface area contributed by atoms with E-state index in [4.69, 9.17) is 4.84 Å². The number of hydrogen-bond acceptors (Lipinski definition) is 4. The van der Waals surface area contributed by atoms with Crippen molar-refractivity contribution in [3.05, 3.63) is 47.8 Å². The van der Waals surface area contributed by atoms with Crippen LogP contribution < -0.4 is 4.84 Å². The molecule has 6 heteroatoms. The average molecular weight is 285 g/mol. The monoisotopic (exact) mass is 285 g/mol. The summed E-state index contributed by atoms with van der Waals surface area (Å²) >= 11 is 0. The van der Waals surface area contributed by atoms with Gasteiger partial charge in [-0.05, 0) is 30.7 Å². The quantitative estimate of drug-likeness (QED) is 0.789. The van der Waals surface area contributed by atoms with E-state index in [-0.39, 0.29) is 11.8 Å². The van der Waals surface area contributed by atoms with Gasteiger partial charge in [0.25, 0.3) is 11.8 Å². The summed E-state index contributed by atoms with van der Waals surface area (Å²) in [6.45, 7) is 2.48. The zero-order chi connectivity index (χ0) is 14.8. The number of unbranched alkanes of at least 4 members (excludes halogenated alkanes) is 1. The molecular weight excluding hydrogens is 270 g/mol. The van der Waals surface area contributed by atoms with Crippen molar-refractivity contribution in [1.82, 2.24) is 14.8 Å². The molecule has 1 aliphatic heterocycles. The third kappa shape index (κ3) is 2.40. The molecule has 0 fully saturated rings. The lowest BCUT2D eigenvalue weighted by Crippen LogP contribution is -2.30. The Labute approximate surface area is 121 Å². The van der Waals surface area contributed by atoms with Gasteiger partial charge in [-0.15, -0.1) is 9.94 Å². The number of benzene rings is 1. The number of hydrogen-bond donors (Lipinski definition) is 0. The van der Waals surface area contributed by atoms with Crippen molar-refractivity contribution in [3.63, 3.8) is 0 Å². The van der Waals surface area contributed by atoms with Gasteiger partial charge in [-0.2, -0.15) is 0 Å². The van der Waals surface area contributed by atoms with E-state index in [1.807, 2.05) is 6.92 Å². The van der Waals surface area contributed by atoms with Gasteiger partial charge in [0.2, 0.25) is 0 Å². The van der Waals surface area contributed by atoms with Gasteiger partial charge in [0.15, 0.2) is 5.75 Å². The molecule has 0 saturated heterocycles. The molecule has 2 aromatic rings. The highest BCUT2D eigenvalue weighted by atomic mass is 16.7. The van der Waals surface area contributed by atoms with Crippen LogP contribution in [0.2, 0.25) is 0 Å². The van der Waals surface area contributed by atoms with Crippen LogP contribution in [0.1, 0.15) is 40.5 Å². The van der Waals surface area contributed by atoms with Gasteiger partial charge in [-0.3, -0.25) is 14.5 Å². The van der Waals surface area contributed by atoms with E-state index in [1.165, 1.54) is 9.75 Å². The molecule has 0 aliphatic carbocycles. The standard InChI is InChI=1S/C15H15N3O3/c1-2-3-8-17-14(19)12-6-5-11(10-13(12)15(17)20)21-18-9-4-7-16-18/h4-7,9-10H,2-3,8H2,1H3. The van der Waals surface area contributed by atoms with E-state index in [2.05, 4.69) is 5.10 Å². The fraction of sp³-hybridized carbons (Fsp3) is 0.267. The van der Waals surface area contributed by atoms with E-state index in [9.17, 15) is 9.59 Å². The third-order valence-electron chi connectivity index (χ3n) is 3.36. The molecule has 1 aliphatic rings. The Morgan fingerprint density at radius 1 is 1.19 bits per heavy atom. The Bertz CT molecular complexity index is 679. The number of aromatic nitrogens is 2. The number of fused-ring (bicyclic) bond motifs is 1. The second kappa shape index (κ2) is 5.40. The zero-order valence-corrected chi connectivity index (χ0v) is 11.7.